The zero-order valence-electron chi connectivity index (χ0n) is 12.5. The Kier molecular flexibility index (Phi) is 4.45. The maximum atomic E-state index is 12.5. The van der Waals surface area contributed by atoms with Crippen molar-refractivity contribution < 1.29 is 8.42 Å². The number of nitrogens with zero attached hydrogens (tertiary/aromatic N) is 2. The largest absolute Gasteiger partial charge is 0.299 e. The minimum absolute atomic E-state index is 0.0142. The summed E-state index contributed by atoms with van der Waals surface area (Å²) in [6, 6.07) is 7.34. The number of rotatable bonds is 3. The van der Waals surface area contributed by atoms with E-state index in [4.69, 9.17) is 0 Å². The van der Waals surface area contributed by atoms with Crippen molar-refractivity contribution in [1.29, 1.82) is 0 Å². The zero-order chi connectivity index (χ0) is 16.6. The summed E-state index contributed by atoms with van der Waals surface area (Å²) < 4.78 is 25.7. The van der Waals surface area contributed by atoms with Gasteiger partial charge in [-0.3, -0.25) is 14.9 Å². The molecule has 0 saturated carbocycles. The first-order valence-electron chi connectivity index (χ1n) is 7.17. The van der Waals surface area contributed by atoms with Gasteiger partial charge in [-0.2, -0.15) is 0 Å². The van der Waals surface area contributed by atoms with Crippen LogP contribution in [0.4, 0.5) is 5.69 Å². The predicted octanol–water partition coefficient (Wildman–Crippen LogP) is 2.20. The molecule has 2 heterocycles. The van der Waals surface area contributed by atoms with Crippen LogP contribution in [0.5, 0.6) is 0 Å². The highest BCUT2D eigenvalue weighted by Crippen LogP contribution is 2.22. The van der Waals surface area contributed by atoms with E-state index in [2.05, 4.69) is 32.7 Å². The summed E-state index contributed by atoms with van der Waals surface area (Å²) in [5, 5.41) is 2.99. The van der Waals surface area contributed by atoms with E-state index >= 15 is 0 Å². The lowest BCUT2D eigenvalue weighted by atomic mass is 10.2. The fraction of sp³-hybridized carbons (Fsp3) is 0.333. The van der Waals surface area contributed by atoms with Crippen LogP contribution in [0.25, 0.3) is 0 Å². The maximum Gasteiger partial charge on any atom is 0.275 e. The Morgan fingerprint density at radius 1 is 1.43 bits per heavy atom. The fourth-order valence-corrected chi connectivity index (χ4v) is 4.89. The first kappa shape index (κ1) is 16.4. The monoisotopic (exact) mass is 445 g/mol. The number of sulfone groups is 1. The van der Waals surface area contributed by atoms with Crippen LogP contribution >= 0.6 is 22.6 Å². The van der Waals surface area contributed by atoms with Crippen LogP contribution in [-0.4, -0.2) is 35.9 Å². The number of hydrogen-bond donors (Lipinski definition) is 1. The van der Waals surface area contributed by atoms with Gasteiger partial charge >= 0.3 is 0 Å². The van der Waals surface area contributed by atoms with Gasteiger partial charge in [0, 0.05) is 15.5 Å². The summed E-state index contributed by atoms with van der Waals surface area (Å²) >= 11 is 2.20. The average Bonchev–Trinajstić information content (AvgIpc) is 2.97. The number of aromatic nitrogens is 2. The molecule has 122 valence electrons. The van der Waals surface area contributed by atoms with Crippen LogP contribution in [0.15, 0.2) is 34.1 Å². The molecule has 1 saturated heterocycles. The van der Waals surface area contributed by atoms with E-state index in [1.807, 2.05) is 24.3 Å². The van der Waals surface area contributed by atoms with Crippen LogP contribution in [0.2, 0.25) is 0 Å². The van der Waals surface area contributed by atoms with Gasteiger partial charge in [-0.25, -0.2) is 13.1 Å². The standard InChI is InChI=1S/C15H16IN3O3S/c1-10-14(8-17-12-4-2-3-11(16)7-12)15(20)19(18-10)13-5-6-23(21,22)9-13/h2-4,7-8,13,18H,5-6,9H2,1H3. The molecule has 1 aromatic carbocycles. The second-order valence-electron chi connectivity index (χ2n) is 5.62. The van der Waals surface area contributed by atoms with E-state index in [0.717, 1.165) is 9.26 Å². The van der Waals surface area contributed by atoms with Crippen molar-refractivity contribution in [2.45, 2.75) is 19.4 Å². The first-order chi connectivity index (χ1) is 10.9. The zero-order valence-corrected chi connectivity index (χ0v) is 15.5. The third-order valence-electron chi connectivity index (χ3n) is 3.87. The molecule has 0 spiro atoms. The Labute approximate surface area is 147 Å². The Morgan fingerprint density at radius 3 is 2.87 bits per heavy atom. The van der Waals surface area contributed by atoms with Crippen molar-refractivity contribution in [2.75, 3.05) is 11.5 Å². The molecule has 0 bridgehead atoms. The second kappa shape index (κ2) is 6.23. The van der Waals surface area contributed by atoms with E-state index in [0.29, 0.717) is 17.7 Å². The molecule has 1 aliphatic heterocycles. The third-order valence-corrected chi connectivity index (χ3v) is 6.29. The molecule has 1 unspecified atom stereocenters. The van der Waals surface area contributed by atoms with Gasteiger partial charge in [0.15, 0.2) is 9.84 Å². The molecule has 1 aromatic heterocycles. The van der Waals surface area contributed by atoms with Crippen molar-refractivity contribution >= 4 is 44.3 Å². The maximum absolute atomic E-state index is 12.5. The summed E-state index contributed by atoms with van der Waals surface area (Å²) in [7, 11) is -3.04. The van der Waals surface area contributed by atoms with Gasteiger partial charge in [-0.1, -0.05) is 6.07 Å². The molecule has 1 fully saturated rings. The van der Waals surface area contributed by atoms with Gasteiger partial charge < -0.3 is 0 Å². The molecule has 1 N–H and O–H groups in total. The van der Waals surface area contributed by atoms with Crippen LogP contribution < -0.4 is 5.56 Å². The van der Waals surface area contributed by atoms with Crippen LogP contribution in [0.1, 0.15) is 23.7 Å². The number of hydrogen-bond acceptors (Lipinski definition) is 4. The highest BCUT2D eigenvalue weighted by molar-refractivity contribution is 14.1. The number of H-pyrrole nitrogens is 1. The summed E-state index contributed by atoms with van der Waals surface area (Å²) in [5.41, 5.74) is 1.70. The Morgan fingerprint density at radius 2 is 2.22 bits per heavy atom. The lowest BCUT2D eigenvalue weighted by Crippen LogP contribution is -2.25. The number of aromatic amines is 1. The Bertz CT molecular complexity index is 928. The SMILES string of the molecule is Cc1[nH]n(C2CCS(=O)(=O)C2)c(=O)c1C=Nc1cccc(I)c1. The quantitative estimate of drug-likeness (QED) is 0.581. The predicted molar refractivity (Wildman–Crippen MR) is 98.5 cm³/mol. The highest BCUT2D eigenvalue weighted by atomic mass is 127. The summed E-state index contributed by atoms with van der Waals surface area (Å²) in [6.45, 7) is 1.79. The van der Waals surface area contributed by atoms with Crippen molar-refractivity contribution in [2.24, 2.45) is 4.99 Å². The molecule has 1 atom stereocenters. The summed E-state index contributed by atoms with van der Waals surface area (Å²) in [6.07, 6.45) is 2.01. The molecule has 3 rings (SSSR count). The van der Waals surface area contributed by atoms with Gasteiger partial charge in [-0.05, 0) is 54.1 Å². The van der Waals surface area contributed by atoms with Crippen LogP contribution in [-0.2, 0) is 9.84 Å². The molecule has 6 nitrogen and oxygen atoms in total. The van der Waals surface area contributed by atoms with Gasteiger partial charge in [0.05, 0.1) is 28.8 Å². The van der Waals surface area contributed by atoms with Crippen molar-refractivity contribution in [1.82, 2.24) is 9.78 Å². The lowest BCUT2D eigenvalue weighted by Gasteiger charge is -2.07. The fourth-order valence-electron chi connectivity index (χ4n) is 2.67. The van der Waals surface area contributed by atoms with Gasteiger partial charge in [-0.15, -0.1) is 0 Å². The Hall–Kier alpha value is -1.42. The molecule has 0 radical (unpaired) electrons. The van der Waals surface area contributed by atoms with E-state index in [9.17, 15) is 13.2 Å². The molecule has 0 amide bonds. The van der Waals surface area contributed by atoms with Gasteiger partial charge in [0.25, 0.3) is 5.56 Å². The average molecular weight is 445 g/mol. The van der Waals surface area contributed by atoms with Crippen molar-refractivity contribution in [3.8, 4) is 0 Å². The molecule has 23 heavy (non-hydrogen) atoms. The number of benzene rings is 1. The number of aryl methyl sites for hydroxylation is 1. The minimum atomic E-state index is -3.04. The van der Waals surface area contributed by atoms with Crippen molar-refractivity contribution in [3.63, 3.8) is 0 Å². The number of aliphatic imine (C=N–C) groups is 1. The molecule has 1 aliphatic rings. The molecule has 2 aromatic rings. The van der Waals surface area contributed by atoms with E-state index in [1.165, 1.54) is 4.68 Å². The molecular weight excluding hydrogens is 429 g/mol. The third kappa shape index (κ3) is 3.57. The smallest absolute Gasteiger partial charge is 0.275 e. The van der Waals surface area contributed by atoms with E-state index < -0.39 is 9.84 Å². The van der Waals surface area contributed by atoms with E-state index in [1.54, 1.807) is 13.1 Å². The normalized spacial score (nSPS) is 20.3. The summed E-state index contributed by atoms with van der Waals surface area (Å²) in [4.78, 5) is 16.9. The number of halogens is 1. The molecule has 0 aliphatic carbocycles. The van der Waals surface area contributed by atoms with Gasteiger partial charge in [0.2, 0.25) is 0 Å². The molecule has 8 heteroatoms. The van der Waals surface area contributed by atoms with E-state index in [-0.39, 0.29) is 23.1 Å². The van der Waals surface area contributed by atoms with Gasteiger partial charge in [0.1, 0.15) is 0 Å². The highest BCUT2D eigenvalue weighted by Gasteiger charge is 2.31. The second-order valence-corrected chi connectivity index (χ2v) is 9.09. The van der Waals surface area contributed by atoms with Crippen molar-refractivity contribution in [3.05, 3.63) is 49.4 Å². The number of nitrogens with one attached hydrogen (secondary N) is 1. The van der Waals surface area contributed by atoms with Crippen LogP contribution in [0.3, 0.4) is 0 Å². The molecular formula is C15H16IN3O3S. The van der Waals surface area contributed by atoms with Crippen LogP contribution in [0, 0.1) is 10.5 Å². The lowest BCUT2D eigenvalue weighted by molar-refractivity contribution is 0.483. The minimum Gasteiger partial charge on any atom is -0.299 e. The Balaban J connectivity index is 1.91. The topological polar surface area (TPSA) is 84.3 Å². The summed E-state index contributed by atoms with van der Waals surface area (Å²) in [5.74, 6) is 0.147. The first-order valence-corrected chi connectivity index (χ1v) is 10.1.